The third-order valence-corrected chi connectivity index (χ3v) is 6.37. The van der Waals surface area contributed by atoms with Crippen molar-refractivity contribution in [1.29, 1.82) is 0 Å². The summed E-state index contributed by atoms with van der Waals surface area (Å²) in [5.41, 5.74) is 0.560. The van der Waals surface area contributed by atoms with E-state index in [9.17, 15) is 17.6 Å². The Morgan fingerprint density at radius 1 is 1.00 bits per heavy atom. The Balaban J connectivity index is 2.16. The predicted molar refractivity (Wildman–Crippen MR) is 110 cm³/mol. The molecular weight excluding hydrogens is 407 g/mol. The van der Waals surface area contributed by atoms with Crippen LogP contribution in [0.1, 0.15) is 42.4 Å². The van der Waals surface area contributed by atoms with Crippen LogP contribution < -0.4 is 4.74 Å². The van der Waals surface area contributed by atoms with Gasteiger partial charge >= 0.3 is 5.97 Å². The van der Waals surface area contributed by atoms with Crippen LogP contribution in [0.5, 0.6) is 5.88 Å². The zero-order chi connectivity index (χ0) is 22.3. The Morgan fingerprint density at radius 3 is 2.10 bits per heavy atom. The van der Waals surface area contributed by atoms with Crippen LogP contribution in [0.25, 0.3) is 0 Å². The number of sulfone groups is 1. The molecular formula is C22H23FN2O4S. The summed E-state index contributed by atoms with van der Waals surface area (Å²) in [6.45, 7) is 8.86. The first-order chi connectivity index (χ1) is 13.9. The van der Waals surface area contributed by atoms with Crippen molar-refractivity contribution < 1.29 is 22.3 Å². The Hall–Kier alpha value is -3.00. The SMILES string of the molecule is Cc1ccc(S(=O)(=O)c2c(C)nn(C(C)(C)C)c2OC(=O)c2ccc(F)cc2)cc1. The van der Waals surface area contributed by atoms with E-state index in [2.05, 4.69) is 5.10 Å². The summed E-state index contributed by atoms with van der Waals surface area (Å²) in [4.78, 5) is 12.6. The predicted octanol–water partition coefficient (Wildman–Crippen LogP) is 4.45. The molecule has 0 N–H and O–H groups in total. The summed E-state index contributed by atoms with van der Waals surface area (Å²) < 4.78 is 46.9. The number of aromatic nitrogens is 2. The van der Waals surface area contributed by atoms with E-state index in [4.69, 9.17) is 4.74 Å². The Morgan fingerprint density at radius 2 is 1.57 bits per heavy atom. The molecule has 2 aromatic carbocycles. The van der Waals surface area contributed by atoms with Crippen LogP contribution in [-0.4, -0.2) is 24.2 Å². The van der Waals surface area contributed by atoms with Gasteiger partial charge in [-0.25, -0.2) is 22.3 Å². The van der Waals surface area contributed by atoms with Crippen molar-refractivity contribution in [2.45, 2.75) is 49.9 Å². The molecule has 3 aromatic rings. The van der Waals surface area contributed by atoms with Crippen molar-refractivity contribution in [3.63, 3.8) is 0 Å². The number of esters is 1. The standard InChI is InChI=1S/C22H23FN2O4S/c1-14-6-12-18(13-7-14)30(27,28)19-15(2)24-25(22(3,4)5)20(19)29-21(26)16-8-10-17(23)11-9-16/h6-13H,1-5H3. The molecule has 0 unspecified atom stereocenters. The molecule has 0 bridgehead atoms. The molecule has 0 aliphatic heterocycles. The lowest BCUT2D eigenvalue weighted by molar-refractivity contribution is 0.0703. The Kier molecular flexibility index (Phi) is 5.56. The number of benzene rings is 2. The minimum atomic E-state index is -4.01. The van der Waals surface area contributed by atoms with Crippen LogP contribution in [0.15, 0.2) is 58.3 Å². The first-order valence-corrected chi connectivity index (χ1v) is 10.8. The van der Waals surface area contributed by atoms with E-state index in [1.54, 1.807) is 19.1 Å². The maximum Gasteiger partial charge on any atom is 0.344 e. The van der Waals surface area contributed by atoms with Gasteiger partial charge in [-0.3, -0.25) is 0 Å². The van der Waals surface area contributed by atoms with E-state index in [0.29, 0.717) is 0 Å². The van der Waals surface area contributed by atoms with Gasteiger partial charge in [-0.2, -0.15) is 5.10 Å². The average Bonchev–Trinajstić information content (AvgIpc) is 2.99. The van der Waals surface area contributed by atoms with Gasteiger partial charge in [0.15, 0.2) is 4.90 Å². The van der Waals surface area contributed by atoms with Crippen LogP contribution in [0.3, 0.4) is 0 Å². The topological polar surface area (TPSA) is 78.3 Å². The second-order valence-electron chi connectivity index (χ2n) is 8.02. The van der Waals surface area contributed by atoms with Gasteiger partial charge in [0.25, 0.3) is 0 Å². The van der Waals surface area contributed by atoms with Gasteiger partial charge in [0.2, 0.25) is 15.7 Å². The zero-order valence-electron chi connectivity index (χ0n) is 17.4. The molecule has 0 atom stereocenters. The minimum absolute atomic E-state index is 0.0729. The van der Waals surface area contributed by atoms with E-state index >= 15 is 0 Å². The molecule has 8 heteroatoms. The normalized spacial score (nSPS) is 12.1. The maximum absolute atomic E-state index is 13.4. The number of hydrogen-bond donors (Lipinski definition) is 0. The molecule has 158 valence electrons. The van der Waals surface area contributed by atoms with Gasteiger partial charge in [-0.15, -0.1) is 0 Å². The zero-order valence-corrected chi connectivity index (χ0v) is 18.2. The van der Waals surface area contributed by atoms with Crippen molar-refractivity contribution in [2.75, 3.05) is 0 Å². The van der Waals surface area contributed by atoms with Crippen molar-refractivity contribution >= 4 is 15.8 Å². The third-order valence-electron chi connectivity index (χ3n) is 4.47. The molecule has 30 heavy (non-hydrogen) atoms. The van der Waals surface area contributed by atoms with Crippen molar-refractivity contribution in [1.82, 2.24) is 9.78 Å². The highest BCUT2D eigenvalue weighted by Gasteiger charge is 2.34. The largest absolute Gasteiger partial charge is 0.403 e. The number of carbonyl (C=O) groups excluding carboxylic acids is 1. The van der Waals surface area contributed by atoms with Gasteiger partial charge in [-0.05, 0) is 71.0 Å². The van der Waals surface area contributed by atoms with E-state index in [1.807, 2.05) is 27.7 Å². The molecule has 6 nitrogen and oxygen atoms in total. The molecule has 3 rings (SSSR count). The quantitative estimate of drug-likeness (QED) is 0.572. The number of rotatable bonds is 4. The van der Waals surface area contributed by atoms with Crippen LogP contribution >= 0.6 is 0 Å². The molecule has 1 heterocycles. The van der Waals surface area contributed by atoms with Crippen LogP contribution in [0, 0.1) is 19.7 Å². The smallest absolute Gasteiger partial charge is 0.344 e. The van der Waals surface area contributed by atoms with E-state index in [1.165, 1.54) is 28.9 Å². The minimum Gasteiger partial charge on any atom is -0.403 e. The first-order valence-electron chi connectivity index (χ1n) is 9.31. The van der Waals surface area contributed by atoms with E-state index in [0.717, 1.165) is 17.7 Å². The molecule has 0 saturated carbocycles. The fourth-order valence-corrected chi connectivity index (χ4v) is 4.43. The molecule has 0 fully saturated rings. The van der Waals surface area contributed by atoms with Crippen LogP contribution in [0.4, 0.5) is 4.39 Å². The highest BCUT2D eigenvalue weighted by molar-refractivity contribution is 7.91. The monoisotopic (exact) mass is 430 g/mol. The lowest BCUT2D eigenvalue weighted by atomic mass is 10.1. The molecule has 0 radical (unpaired) electrons. The fraction of sp³-hybridized carbons (Fsp3) is 0.273. The van der Waals surface area contributed by atoms with Crippen molar-refractivity contribution in [2.24, 2.45) is 0 Å². The average molecular weight is 431 g/mol. The molecule has 1 aromatic heterocycles. The third kappa shape index (κ3) is 4.14. The lowest BCUT2D eigenvalue weighted by Crippen LogP contribution is -2.26. The van der Waals surface area contributed by atoms with Gasteiger partial charge < -0.3 is 4.74 Å². The van der Waals surface area contributed by atoms with E-state index in [-0.39, 0.29) is 26.9 Å². The first kappa shape index (κ1) is 21.7. The summed E-state index contributed by atoms with van der Waals surface area (Å²) >= 11 is 0. The highest BCUT2D eigenvalue weighted by Crippen LogP contribution is 2.36. The van der Waals surface area contributed by atoms with Gasteiger partial charge in [0, 0.05) is 0 Å². The number of aryl methyl sites for hydroxylation is 2. The molecule has 0 saturated heterocycles. The highest BCUT2D eigenvalue weighted by atomic mass is 32.2. The number of nitrogens with zero attached hydrogens (tertiary/aromatic N) is 2. The second kappa shape index (κ2) is 7.68. The summed E-state index contributed by atoms with van der Waals surface area (Å²) in [5.74, 6) is -1.47. The Bertz CT molecular complexity index is 1190. The molecule has 0 aliphatic rings. The summed E-state index contributed by atoms with van der Waals surface area (Å²) in [7, 11) is -4.01. The lowest BCUT2D eigenvalue weighted by Gasteiger charge is -2.22. The van der Waals surface area contributed by atoms with Crippen molar-refractivity contribution in [3.05, 3.63) is 71.2 Å². The van der Waals surface area contributed by atoms with Gasteiger partial charge in [0.05, 0.1) is 21.7 Å². The number of hydrogen-bond acceptors (Lipinski definition) is 5. The summed E-state index contributed by atoms with van der Waals surface area (Å²) in [5, 5.41) is 4.35. The van der Waals surface area contributed by atoms with Gasteiger partial charge in [0.1, 0.15) is 5.82 Å². The summed E-state index contributed by atoms with van der Waals surface area (Å²) in [6.07, 6.45) is 0. The second-order valence-corrected chi connectivity index (χ2v) is 9.90. The number of halogens is 1. The molecule has 0 amide bonds. The van der Waals surface area contributed by atoms with E-state index < -0.39 is 27.2 Å². The van der Waals surface area contributed by atoms with Crippen LogP contribution in [-0.2, 0) is 15.4 Å². The van der Waals surface area contributed by atoms with Gasteiger partial charge in [-0.1, -0.05) is 17.7 Å². The number of carbonyl (C=O) groups is 1. The molecule has 0 spiro atoms. The maximum atomic E-state index is 13.4. The molecule has 0 aliphatic carbocycles. The fourth-order valence-electron chi connectivity index (χ4n) is 2.91. The summed E-state index contributed by atoms with van der Waals surface area (Å²) in [6, 6.07) is 11.2. The Labute approximate surface area is 175 Å². The van der Waals surface area contributed by atoms with Crippen molar-refractivity contribution in [3.8, 4) is 5.88 Å². The van der Waals surface area contributed by atoms with Crippen LogP contribution in [0.2, 0.25) is 0 Å². The number of ether oxygens (including phenoxy) is 1.